The first-order valence-corrected chi connectivity index (χ1v) is 9.96. The van der Waals surface area contributed by atoms with E-state index in [0.29, 0.717) is 22.6 Å². The molecule has 0 radical (unpaired) electrons. The minimum absolute atomic E-state index is 0. The SMILES string of the molecule is COc1cc(C(C)C)c(/C=C/C(O)CC(O)CC(=O)[O-])c(-c2ccc(F)cc2)c1OC.[Na+]. The van der Waals surface area contributed by atoms with Gasteiger partial charge in [-0.3, -0.25) is 0 Å². The van der Waals surface area contributed by atoms with Gasteiger partial charge in [0.2, 0.25) is 0 Å². The Morgan fingerprint density at radius 1 is 1.16 bits per heavy atom. The Labute approximate surface area is 210 Å². The zero-order chi connectivity index (χ0) is 23.1. The number of rotatable bonds is 10. The summed E-state index contributed by atoms with van der Waals surface area (Å²) in [5.41, 5.74) is 3.03. The van der Waals surface area contributed by atoms with Crippen molar-refractivity contribution in [3.63, 3.8) is 0 Å². The number of aliphatic hydroxyl groups is 2. The Balaban J connectivity index is 0.00000512. The van der Waals surface area contributed by atoms with Gasteiger partial charge in [0.25, 0.3) is 0 Å². The summed E-state index contributed by atoms with van der Waals surface area (Å²) >= 11 is 0. The average Bonchev–Trinajstić information content (AvgIpc) is 2.70. The Kier molecular flexibility index (Phi) is 11.4. The van der Waals surface area contributed by atoms with Crippen LogP contribution in [-0.4, -0.2) is 42.6 Å². The van der Waals surface area contributed by atoms with Crippen LogP contribution in [0.15, 0.2) is 36.4 Å². The number of hydrogen-bond donors (Lipinski definition) is 2. The van der Waals surface area contributed by atoms with E-state index in [1.54, 1.807) is 18.2 Å². The predicted molar refractivity (Wildman–Crippen MR) is 114 cm³/mol. The van der Waals surface area contributed by atoms with E-state index in [-0.39, 0.29) is 47.7 Å². The zero-order valence-corrected chi connectivity index (χ0v) is 21.1. The molecule has 0 bridgehead atoms. The topological polar surface area (TPSA) is 99.0 Å². The first-order chi connectivity index (χ1) is 14.7. The van der Waals surface area contributed by atoms with Gasteiger partial charge in [0.1, 0.15) is 5.82 Å². The van der Waals surface area contributed by atoms with Gasteiger partial charge in [0, 0.05) is 24.4 Å². The van der Waals surface area contributed by atoms with Gasteiger partial charge in [0.15, 0.2) is 11.5 Å². The molecule has 0 heterocycles. The van der Waals surface area contributed by atoms with E-state index in [4.69, 9.17) is 9.47 Å². The molecule has 2 N–H and O–H groups in total. The fraction of sp³-hybridized carbons (Fsp3) is 0.375. The molecule has 0 aliphatic carbocycles. The van der Waals surface area contributed by atoms with Gasteiger partial charge < -0.3 is 29.6 Å². The molecule has 6 nitrogen and oxygen atoms in total. The van der Waals surface area contributed by atoms with Crippen LogP contribution in [0, 0.1) is 5.82 Å². The molecule has 0 aliphatic rings. The molecule has 0 spiro atoms. The van der Waals surface area contributed by atoms with Crippen LogP contribution in [0.25, 0.3) is 17.2 Å². The van der Waals surface area contributed by atoms with Gasteiger partial charge in [-0.25, -0.2) is 4.39 Å². The van der Waals surface area contributed by atoms with Crippen molar-refractivity contribution in [3.8, 4) is 22.6 Å². The molecule has 32 heavy (non-hydrogen) atoms. The number of carbonyl (C=O) groups is 1. The number of halogens is 1. The largest absolute Gasteiger partial charge is 1.00 e. The summed E-state index contributed by atoms with van der Waals surface area (Å²) in [6.07, 6.45) is 0.171. The second kappa shape index (κ2) is 13.0. The van der Waals surface area contributed by atoms with Crippen LogP contribution in [0.4, 0.5) is 4.39 Å². The van der Waals surface area contributed by atoms with Crippen molar-refractivity contribution in [1.29, 1.82) is 0 Å². The van der Waals surface area contributed by atoms with E-state index in [9.17, 15) is 24.5 Å². The maximum atomic E-state index is 13.5. The quantitative estimate of drug-likeness (QED) is 0.487. The van der Waals surface area contributed by atoms with E-state index >= 15 is 0 Å². The van der Waals surface area contributed by atoms with Gasteiger partial charge in [-0.05, 0) is 40.8 Å². The summed E-state index contributed by atoms with van der Waals surface area (Å²) in [6, 6.07) is 7.82. The van der Waals surface area contributed by atoms with Crippen molar-refractivity contribution in [1.82, 2.24) is 0 Å². The van der Waals surface area contributed by atoms with Crippen molar-refractivity contribution in [2.45, 2.75) is 44.8 Å². The van der Waals surface area contributed by atoms with Crippen LogP contribution in [0.2, 0.25) is 0 Å². The van der Waals surface area contributed by atoms with Crippen LogP contribution in [0.5, 0.6) is 11.5 Å². The summed E-state index contributed by atoms with van der Waals surface area (Å²) in [5.74, 6) is -0.690. The second-order valence-electron chi connectivity index (χ2n) is 7.54. The summed E-state index contributed by atoms with van der Waals surface area (Å²) in [4.78, 5) is 10.6. The first kappa shape index (κ1) is 28.1. The third-order valence-corrected chi connectivity index (χ3v) is 4.90. The number of ether oxygens (including phenoxy) is 2. The number of carboxylic acid groups (broad SMARTS) is 1. The molecule has 2 aromatic rings. The number of carbonyl (C=O) groups excluding carboxylic acids is 1. The Hall–Kier alpha value is -1.90. The van der Waals surface area contributed by atoms with Crippen LogP contribution < -0.4 is 44.1 Å². The molecular formula is C24H28FNaO6. The zero-order valence-electron chi connectivity index (χ0n) is 19.1. The maximum absolute atomic E-state index is 13.5. The third kappa shape index (κ3) is 7.32. The maximum Gasteiger partial charge on any atom is 1.00 e. The van der Waals surface area contributed by atoms with Gasteiger partial charge in [-0.1, -0.05) is 38.1 Å². The minimum atomic E-state index is -1.38. The van der Waals surface area contributed by atoms with Crippen LogP contribution in [-0.2, 0) is 4.79 Å². The fourth-order valence-electron chi connectivity index (χ4n) is 3.43. The van der Waals surface area contributed by atoms with Crippen LogP contribution >= 0.6 is 0 Å². The predicted octanol–water partition coefficient (Wildman–Crippen LogP) is -0.0976. The molecule has 0 aromatic heterocycles. The van der Waals surface area contributed by atoms with Crippen molar-refractivity contribution in [2.75, 3.05) is 14.2 Å². The normalized spacial score (nSPS) is 13.0. The first-order valence-electron chi connectivity index (χ1n) is 9.96. The van der Waals surface area contributed by atoms with E-state index in [0.717, 1.165) is 11.1 Å². The van der Waals surface area contributed by atoms with Crippen molar-refractivity contribution >= 4 is 12.0 Å². The van der Waals surface area contributed by atoms with E-state index in [1.165, 1.54) is 32.4 Å². The molecule has 0 saturated carbocycles. The summed E-state index contributed by atoms with van der Waals surface area (Å²) in [5, 5.41) is 30.7. The third-order valence-electron chi connectivity index (χ3n) is 4.90. The number of hydrogen-bond acceptors (Lipinski definition) is 6. The smallest absolute Gasteiger partial charge is 0.550 e. The fourth-order valence-corrected chi connectivity index (χ4v) is 3.43. The second-order valence-corrected chi connectivity index (χ2v) is 7.54. The molecule has 2 rings (SSSR count). The van der Waals surface area contributed by atoms with Gasteiger partial charge >= 0.3 is 29.6 Å². The molecule has 0 fully saturated rings. The monoisotopic (exact) mass is 454 g/mol. The number of carboxylic acids is 1. The summed E-state index contributed by atoms with van der Waals surface area (Å²) in [6.45, 7) is 4.01. The molecular weight excluding hydrogens is 426 g/mol. The van der Waals surface area contributed by atoms with Crippen molar-refractivity contribution in [2.24, 2.45) is 0 Å². The number of aliphatic hydroxyl groups excluding tert-OH is 2. The molecule has 2 atom stereocenters. The van der Waals surface area contributed by atoms with Gasteiger partial charge in [-0.15, -0.1) is 0 Å². The number of benzene rings is 2. The molecule has 0 aliphatic heterocycles. The molecule has 8 heteroatoms. The van der Waals surface area contributed by atoms with Crippen molar-refractivity contribution in [3.05, 3.63) is 53.4 Å². The molecule has 2 unspecified atom stereocenters. The molecule has 168 valence electrons. The minimum Gasteiger partial charge on any atom is -0.550 e. The van der Waals surface area contributed by atoms with Gasteiger partial charge in [0.05, 0.1) is 26.4 Å². The summed E-state index contributed by atoms with van der Waals surface area (Å²) < 4.78 is 24.7. The van der Waals surface area contributed by atoms with Crippen LogP contribution in [0.1, 0.15) is 43.7 Å². The molecule has 2 aromatic carbocycles. The van der Waals surface area contributed by atoms with E-state index in [1.807, 2.05) is 19.9 Å². The standard InChI is InChI=1S/C24H29FO6.Na/c1-14(2)20-13-21(30-3)24(31-4)23(15-5-7-16(25)8-6-15)19(20)10-9-17(26)11-18(27)12-22(28)29;/h5-10,13-14,17-18,26-27H,11-12H2,1-4H3,(H,28,29);/q;+1/p-1/b10-9+;. The van der Waals surface area contributed by atoms with E-state index < -0.39 is 24.6 Å². The average molecular weight is 454 g/mol. The molecule has 0 saturated heterocycles. The number of aliphatic carboxylic acids is 1. The Morgan fingerprint density at radius 2 is 1.78 bits per heavy atom. The Morgan fingerprint density at radius 3 is 2.28 bits per heavy atom. The molecule has 0 amide bonds. The van der Waals surface area contributed by atoms with Gasteiger partial charge in [-0.2, -0.15) is 0 Å². The van der Waals surface area contributed by atoms with E-state index in [2.05, 4.69) is 0 Å². The Bertz CT molecular complexity index is 927. The summed E-state index contributed by atoms with van der Waals surface area (Å²) in [7, 11) is 3.05. The van der Waals surface area contributed by atoms with Crippen LogP contribution in [0.3, 0.4) is 0 Å². The number of methoxy groups -OCH3 is 2. The van der Waals surface area contributed by atoms with Crippen molar-refractivity contribution < 1.29 is 63.5 Å².